The largest absolute Gasteiger partial charge is 0.381 e. The van der Waals surface area contributed by atoms with E-state index in [1.54, 1.807) is 6.07 Å². The Morgan fingerprint density at radius 2 is 2.45 bits per heavy atom. The van der Waals surface area contributed by atoms with E-state index in [-0.39, 0.29) is 6.04 Å². The van der Waals surface area contributed by atoms with Gasteiger partial charge in [-0.2, -0.15) is 5.26 Å². The van der Waals surface area contributed by atoms with Crippen LogP contribution in [0.2, 0.25) is 0 Å². The van der Waals surface area contributed by atoms with E-state index in [4.69, 9.17) is 21.6 Å². The zero-order chi connectivity index (χ0) is 14.1. The van der Waals surface area contributed by atoms with Crippen LogP contribution in [0.4, 0.5) is 0 Å². The lowest BCUT2D eigenvalue weighted by Crippen LogP contribution is -2.18. The van der Waals surface area contributed by atoms with Crippen LogP contribution in [0.3, 0.4) is 0 Å². The van der Waals surface area contributed by atoms with Gasteiger partial charge in [0.15, 0.2) is 0 Å². The normalized spacial score (nSPS) is 20.1. The van der Waals surface area contributed by atoms with Gasteiger partial charge in [0, 0.05) is 18.6 Å². The zero-order valence-electron chi connectivity index (χ0n) is 11.3. The van der Waals surface area contributed by atoms with Gasteiger partial charge >= 0.3 is 0 Å². The quantitative estimate of drug-likeness (QED) is 0.815. The van der Waals surface area contributed by atoms with E-state index in [0.29, 0.717) is 17.4 Å². The Bertz CT molecular complexity index is 668. The molecule has 2 unspecified atom stereocenters. The minimum Gasteiger partial charge on any atom is -0.381 e. The minimum absolute atomic E-state index is 0.269. The summed E-state index contributed by atoms with van der Waals surface area (Å²) in [6, 6.07) is 8.03. The van der Waals surface area contributed by atoms with Crippen molar-refractivity contribution in [1.82, 2.24) is 9.55 Å². The monoisotopic (exact) mass is 289 g/mol. The first-order chi connectivity index (χ1) is 9.74. The predicted octanol–water partition coefficient (Wildman–Crippen LogP) is 3.24. The maximum absolute atomic E-state index is 9.08. The molecule has 0 spiro atoms. The summed E-state index contributed by atoms with van der Waals surface area (Å²) in [6.45, 7) is 3.78. The van der Waals surface area contributed by atoms with Gasteiger partial charge in [-0.1, -0.05) is 0 Å². The first-order valence-corrected chi connectivity index (χ1v) is 7.32. The lowest BCUT2D eigenvalue weighted by molar-refractivity contribution is 0.175. The van der Waals surface area contributed by atoms with Crippen LogP contribution in [-0.4, -0.2) is 22.8 Å². The molecule has 104 valence electrons. The molecule has 1 aromatic heterocycles. The Labute approximate surface area is 122 Å². The highest BCUT2D eigenvalue weighted by Crippen LogP contribution is 2.31. The third kappa shape index (κ3) is 2.17. The lowest BCUT2D eigenvalue weighted by Gasteiger charge is -2.22. The summed E-state index contributed by atoms with van der Waals surface area (Å²) in [5.41, 5.74) is 2.53. The molecule has 5 heteroatoms. The van der Waals surface area contributed by atoms with Crippen LogP contribution in [0, 0.1) is 17.2 Å². The molecule has 1 fully saturated rings. The van der Waals surface area contributed by atoms with Crippen LogP contribution in [0.15, 0.2) is 18.2 Å². The van der Waals surface area contributed by atoms with Gasteiger partial charge in [0.25, 0.3) is 0 Å². The van der Waals surface area contributed by atoms with E-state index in [1.165, 1.54) is 0 Å². The predicted molar refractivity (Wildman–Crippen MR) is 77.6 cm³/mol. The number of hydrogen-bond acceptors (Lipinski definition) is 3. The zero-order valence-corrected chi connectivity index (χ0v) is 12.1. The number of aromatic nitrogens is 2. The molecule has 2 heterocycles. The molecule has 0 saturated carbocycles. The van der Waals surface area contributed by atoms with Crippen molar-refractivity contribution in [2.24, 2.45) is 5.92 Å². The Hall–Kier alpha value is -1.57. The SMILES string of the molecule is CC(C1CCOC1)n1c(CCl)nc2ccc(C#N)cc21. The van der Waals surface area contributed by atoms with E-state index in [0.717, 1.165) is 36.5 Å². The van der Waals surface area contributed by atoms with Crippen molar-refractivity contribution in [2.75, 3.05) is 13.2 Å². The van der Waals surface area contributed by atoms with Crippen LogP contribution in [0.25, 0.3) is 11.0 Å². The summed E-state index contributed by atoms with van der Waals surface area (Å²) in [5.74, 6) is 1.70. The first-order valence-electron chi connectivity index (χ1n) is 6.79. The number of fused-ring (bicyclic) bond motifs is 1. The van der Waals surface area contributed by atoms with Crippen molar-refractivity contribution in [3.8, 4) is 6.07 Å². The number of halogens is 1. The second-order valence-electron chi connectivity index (χ2n) is 5.21. The molecule has 1 aromatic carbocycles. The molecule has 0 aliphatic carbocycles. The average Bonchev–Trinajstić information content (AvgIpc) is 3.12. The molecule has 2 atom stereocenters. The number of ether oxygens (including phenoxy) is 1. The Balaban J connectivity index is 2.13. The van der Waals surface area contributed by atoms with Gasteiger partial charge in [0.05, 0.1) is 35.2 Å². The van der Waals surface area contributed by atoms with E-state index < -0.39 is 0 Å². The number of hydrogen-bond donors (Lipinski definition) is 0. The smallest absolute Gasteiger partial charge is 0.125 e. The van der Waals surface area contributed by atoms with Crippen molar-refractivity contribution in [3.63, 3.8) is 0 Å². The number of imidazole rings is 1. The third-order valence-electron chi connectivity index (χ3n) is 4.07. The number of nitrogens with zero attached hydrogens (tertiary/aromatic N) is 3. The van der Waals surface area contributed by atoms with E-state index in [1.807, 2.05) is 12.1 Å². The van der Waals surface area contributed by atoms with Crippen LogP contribution in [-0.2, 0) is 10.6 Å². The Morgan fingerprint density at radius 1 is 1.60 bits per heavy atom. The standard InChI is InChI=1S/C15H16ClN3O/c1-10(12-4-5-20-9-12)19-14-6-11(8-17)2-3-13(14)18-15(19)7-16/h2-3,6,10,12H,4-5,7,9H2,1H3. The second kappa shape index (κ2) is 5.43. The lowest BCUT2D eigenvalue weighted by atomic mass is 10.00. The topological polar surface area (TPSA) is 50.8 Å². The number of benzene rings is 1. The molecule has 3 rings (SSSR count). The molecule has 0 bridgehead atoms. The maximum Gasteiger partial charge on any atom is 0.125 e. The molecule has 1 saturated heterocycles. The van der Waals surface area contributed by atoms with Crippen molar-refractivity contribution in [2.45, 2.75) is 25.3 Å². The average molecular weight is 290 g/mol. The fraction of sp³-hybridized carbons (Fsp3) is 0.467. The Morgan fingerprint density at radius 3 is 3.10 bits per heavy atom. The van der Waals surface area contributed by atoms with Crippen molar-refractivity contribution < 1.29 is 4.74 Å². The molecule has 0 N–H and O–H groups in total. The maximum atomic E-state index is 9.08. The molecule has 20 heavy (non-hydrogen) atoms. The van der Waals surface area contributed by atoms with Crippen molar-refractivity contribution in [1.29, 1.82) is 5.26 Å². The first kappa shape index (κ1) is 13.4. The fourth-order valence-electron chi connectivity index (χ4n) is 2.91. The van der Waals surface area contributed by atoms with Crippen LogP contribution in [0.5, 0.6) is 0 Å². The highest BCUT2D eigenvalue weighted by molar-refractivity contribution is 6.16. The van der Waals surface area contributed by atoms with Gasteiger partial charge < -0.3 is 9.30 Å². The number of alkyl halides is 1. The van der Waals surface area contributed by atoms with Gasteiger partial charge in [-0.05, 0) is 31.5 Å². The van der Waals surface area contributed by atoms with Crippen molar-refractivity contribution >= 4 is 22.6 Å². The highest BCUT2D eigenvalue weighted by atomic mass is 35.5. The summed E-state index contributed by atoms with van der Waals surface area (Å²) in [6.07, 6.45) is 1.06. The van der Waals surface area contributed by atoms with E-state index >= 15 is 0 Å². The summed E-state index contributed by atoms with van der Waals surface area (Å²) < 4.78 is 7.66. The molecular weight excluding hydrogens is 274 g/mol. The molecule has 1 aliphatic heterocycles. The van der Waals surface area contributed by atoms with Crippen LogP contribution < -0.4 is 0 Å². The van der Waals surface area contributed by atoms with Gasteiger partial charge in [-0.25, -0.2) is 4.98 Å². The number of rotatable bonds is 3. The summed E-state index contributed by atoms with van der Waals surface area (Å²) in [4.78, 5) is 4.58. The summed E-state index contributed by atoms with van der Waals surface area (Å²) in [5, 5.41) is 9.08. The molecule has 0 amide bonds. The minimum atomic E-state index is 0.269. The van der Waals surface area contributed by atoms with Gasteiger partial charge in [0.2, 0.25) is 0 Å². The van der Waals surface area contributed by atoms with Crippen molar-refractivity contribution in [3.05, 3.63) is 29.6 Å². The van der Waals surface area contributed by atoms with Gasteiger partial charge in [0.1, 0.15) is 5.82 Å². The van der Waals surface area contributed by atoms with Gasteiger partial charge in [-0.15, -0.1) is 11.6 Å². The van der Waals surface area contributed by atoms with Crippen LogP contribution in [0.1, 0.15) is 30.8 Å². The van der Waals surface area contributed by atoms with Gasteiger partial charge in [-0.3, -0.25) is 0 Å². The second-order valence-corrected chi connectivity index (χ2v) is 5.48. The number of nitriles is 1. The Kier molecular flexibility index (Phi) is 3.64. The molecular formula is C15H16ClN3O. The molecule has 2 aromatic rings. The summed E-state index contributed by atoms with van der Waals surface area (Å²) >= 11 is 6.05. The fourth-order valence-corrected chi connectivity index (χ4v) is 3.09. The van der Waals surface area contributed by atoms with E-state index in [2.05, 4.69) is 22.5 Å². The highest BCUT2D eigenvalue weighted by Gasteiger charge is 2.26. The van der Waals surface area contributed by atoms with Crippen LogP contribution >= 0.6 is 11.6 Å². The molecule has 0 radical (unpaired) electrons. The molecule has 4 nitrogen and oxygen atoms in total. The summed E-state index contributed by atoms with van der Waals surface area (Å²) in [7, 11) is 0. The third-order valence-corrected chi connectivity index (χ3v) is 4.30. The van der Waals surface area contributed by atoms with E-state index in [9.17, 15) is 0 Å². The molecule has 1 aliphatic rings.